The van der Waals surface area contributed by atoms with Gasteiger partial charge >= 0.3 is 0 Å². The molecule has 1 aliphatic rings. The second-order valence-electron chi connectivity index (χ2n) is 4.74. The van der Waals surface area contributed by atoms with Gasteiger partial charge in [-0.1, -0.05) is 23.2 Å². The first-order valence-electron chi connectivity index (χ1n) is 6.37. The SMILES string of the molecule is O=S(=O)(c1cc(Cl)sc1Cl)N1CCCC1c1ccncc1. The van der Waals surface area contributed by atoms with Crippen LogP contribution in [0, 0.1) is 0 Å². The first-order valence-corrected chi connectivity index (χ1v) is 9.38. The first kappa shape index (κ1) is 15.2. The molecule has 0 radical (unpaired) electrons. The van der Waals surface area contributed by atoms with E-state index in [2.05, 4.69) is 4.98 Å². The zero-order chi connectivity index (χ0) is 15.0. The Labute approximate surface area is 137 Å². The standard InChI is InChI=1S/C13H12Cl2N2O2S2/c14-12-8-11(13(15)20-12)21(18,19)17-7-1-2-10(17)9-3-5-16-6-4-9/h3-6,8,10H,1-2,7H2. The second kappa shape index (κ2) is 5.85. The van der Waals surface area contributed by atoms with E-state index in [1.165, 1.54) is 10.4 Å². The fraction of sp³-hybridized carbons (Fsp3) is 0.308. The van der Waals surface area contributed by atoms with Crippen LogP contribution in [0.25, 0.3) is 0 Å². The zero-order valence-electron chi connectivity index (χ0n) is 10.9. The van der Waals surface area contributed by atoms with Crippen molar-refractivity contribution in [3.05, 3.63) is 44.8 Å². The minimum atomic E-state index is -3.64. The number of nitrogens with zero attached hydrogens (tertiary/aromatic N) is 2. The van der Waals surface area contributed by atoms with Crippen LogP contribution in [0.2, 0.25) is 8.67 Å². The zero-order valence-corrected chi connectivity index (χ0v) is 14.0. The van der Waals surface area contributed by atoms with E-state index in [1.807, 2.05) is 12.1 Å². The summed E-state index contributed by atoms with van der Waals surface area (Å²) < 4.78 is 27.7. The summed E-state index contributed by atoms with van der Waals surface area (Å²) in [5, 5.41) is 0. The summed E-state index contributed by atoms with van der Waals surface area (Å²) >= 11 is 13.0. The molecule has 0 aromatic carbocycles. The maximum Gasteiger partial charge on any atom is 0.246 e. The van der Waals surface area contributed by atoms with Gasteiger partial charge in [-0.25, -0.2) is 8.42 Å². The van der Waals surface area contributed by atoms with Crippen LogP contribution in [0.3, 0.4) is 0 Å². The Morgan fingerprint density at radius 2 is 2.00 bits per heavy atom. The number of sulfonamides is 1. The van der Waals surface area contributed by atoms with Crippen LogP contribution in [0.5, 0.6) is 0 Å². The number of halogens is 2. The monoisotopic (exact) mass is 362 g/mol. The molecule has 0 N–H and O–H groups in total. The smallest absolute Gasteiger partial charge is 0.246 e. The molecular formula is C13H12Cl2N2O2S2. The molecule has 1 aliphatic heterocycles. The number of thiophene rings is 1. The molecule has 2 aromatic rings. The van der Waals surface area contributed by atoms with Gasteiger partial charge in [0.25, 0.3) is 0 Å². The van der Waals surface area contributed by atoms with Gasteiger partial charge in [0.15, 0.2) is 0 Å². The van der Waals surface area contributed by atoms with Crippen LogP contribution < -0.4 is 0 Å². The summed E-state index contributed by atoms with van der Waals surface area (Å²) in [6.45, 7) is 0.485. The molecule has 21 heavy (non-hydrogen) atoms. The third-order valence-corrected chi connectivity index (χ3v) is 7.17. The van der Waals surface area contributed by atoms with Gasteiger partial charge in [-0.05, 0) is 36.6 Å². The van der Waals surface area contributed by atoms with Crippen LogP contribution in [0.1, 0.15) is 24.4 Å². The number of hydrogen-bond acceptors (Lipinski definition) is 4. The third-order valence-electron chi connectivity index (χ3n) is 3.51. The summed E-state index contributed by atoms with van der Waals surface area (Å²) in [7, 11) is -3.64. The molecule has 0 aliphatic carbocycles. The molecule has 1 fully saturated rings. The Balaban J connectivity index is 2.00. The van der Waals surface area contributed by atoms with Crippen LogP contribution in [-0.4, -0.2) is 24.3 Å². The Bertz CT molecular complexity index is 747. The molecule has 2 aromatic heterocycles. The normalized spacial score (nSPS) is 20.0. The first-order chi connectivity index (χ1) is 10.00. The maximum atomic E-state index is 12.8. The molecule has 3 heterocycles. The molecule has 0 bridgehead atoms. The van der Waals surface area contributed by atoms with Crippen molar-refractivity contribution in [2.24, 2.45) is 0 Å². The van der Waals surface area contributed by atoms with Crippen LogP contribution in [-0.2, 0) is 10.0 Å². The van der Waals surface area contributed by atoms with Crippen LogP contribution >= 0.6 is 34.5 Å². The highest BCUT2D eigenvalue weighted by Gasteiger charge is 2.37. The van der Waals surface area contributed by atoms with E-state index in [0.717, 1.165) is 29.7 Å². The van der Waals surface area contributed by atoms with E-state index in [9.17, 15) is 8.42 Å². The van der Waals surface area contributed by atoms with Crippen molar-refractivity contribution in [2.45, 2.75) is 23.8 Å². The van der Waals surface area contributed by atoms with Crippen LogP contribution in [0.4, 0.5) is 0 Å². The van der Waals surface area contributed by atoms with Gasteiger partial charge in [0.05, 0.1) is 10.4 Å². The lowest BCUT2D eigenvalue weighted by Crippen LogP contribution is -2.30. The lowest BCUT2D eigenvalue weighted by atomic mass is 10.1. The van der Waals surface area contributed by atoms with E-state index in [0.29, 0.717) is 10.9 Å². The molecular weight excluding hydrogens is 351 g/mol. The van der Waals surface area contributed by atoms with E-state index in [4.69, 9.17) is 23.2 Å². The van der Waals surface area contributed by atoms with Gasteiger partial charge in [-0.15, -0.1) is 11.3 Å². The molecule has 0 saturated carbocycles. The van der Waals surface area contributed by atoms with Crippen molar-refractivity contribution >= 4 is 44.6 Å². The summed E-state index contributed by atoms with van der Waals surface area (Å²) in [6.07, 6.45) is 4.96. The molecule has 1 atom stereocenters. The maximum absolute atomic E-state index is 12.8. The molecule has 112 valence electrons. The summed E-state index contributed by atoms with van der Waals surface area (Å²) in [4.78, 5) is 4.07. The summed E-state index contributed by atoms with van der Waals surface area (Å²) in [6, 6.07) is 4.94. The van der Waals surface area contributed by atoms with Gasteiger partial charge in [0, 0.05) is 18.9 Å². The predicted molar refractivity (Wildman–Crippen MR) is 84.4 cm³/mol. The van der Waals surface area contributed by atoms with E-state index < -0.39 is 10.0 Å². The topological polar surface area (TPSA) is 50.3 Å². The van der Waals surface area contributed by atoms with E-state index in [-0.39, 0.29) is 15.3 Å². The second-order valence-corrected chi connectivity index (χ2v) is 8.89. The van der Waals surface area contributed by atoms with Crippen molar-refractivity contribution in [1.29, 1.82) is 0 Å². The summed E-state index contributed by atoms with van der Waals surface area (Å²) in [5.41, 5.74) is 0.948. The molecule has 0 spiro atoms. The lowest BCUT2D eigenvalue weighted by Gasteiger charge is -2.24. The minimum absolute atomic E-state index is 0.0973. The molecule has 4 nitrogen and oxygen atoms in total. The minimum Gasteiger partial charge on any atom is -0.265 e. The van der Waals surface area contributed by atoms with Gasteiger partial charge in [-0.3, -0.25) is 4.98 Å². The highest BCUT2D eigenvalue weighted by atomic mass is 35.5. The molecule has 1 saturated heterocycles. The lowest BCUT2D eigenvalue weighted by molar-refractivity contribution is 0.396. The van der Waals surface area contributed by atoms with Crippen molar-refractivity contribution in [3.8, 4) is 0 Å². The Morgan fingerprint density at radius 3 is 2.62 bits per heavy atom. The van der Waals surface area contributed by atoms with Crippen molar-refractivity contribution in [3.63, 3.8) is 0 Å². The number of rotatable bonds is 3. The predicted octanol–water partition coefficient (Wildman–Crippen LogP) is 3.98. The number of aromatic nitrogens is 1. The number of pyridine rings is 1. The van der Waals surface area contributed by atoms with E-state index >= 15 is 0 Å². The average Bonchev–Trinajstić information content (AvgIpc) is 3.07. The quantitative estimate of drug-likeness (QED) is 0.829. The van der Waals surface area contributed by atoms with Crippen molar-refractivity contribution in [2.75, 3.05) is 6.54 Å². The molecule has 3 rings (SSSR count). The van der Waals surface area contributed by atoms with Crippen molar-refractivity contribution in [1.82, 2.24) is 9.29 Å². The van der Waals surface area contributed by atoms with Gasteiger partial charge in [-0.2, -0.15) is 4.31 Å². The van der Waals surface area contributed by atoms with Gasteiger partial charge in [0.2, 0.25) is 10.0 Å². The Hall–Kier alpha value is -0.660. The van der Waals surface area contributed by atoms with E-state index in [1.54, 1.807) is 12.4 Å². The third kappa shape index (κ3) is 2.83. The van der Waals surface area contributed by atoms with Gasteiger partial charge < -0.3 is 0 Å². The van der Waals surface area contributed by atoms with Crippen LogP contribution in [0.15, 0.2) is 35.5 Å². The highest BCUT2D eigenvalue weighted by Crippen LogP contribution is 2.41. The fourth-order valence-corrected chi connectivity index (χ4v) is 6.37. The largest absolute Gasteiger partial charge is 0.265 e. The molecule has 8 heteroatoms. The highest BCUT2D eigenvalue weighted by molar-refractivity contribution is 7.89. The van der Waals surface area contributed by atoms with Crippen molar-refractivity contribution < 1.29 is 8.42 Å². The average molecular weight is 363 g/mol. The fourth-order valence-electron chi connectivity index (χ4n) is 2.57. The molecule has 1 unspecified atom stereocenters. The Morgan fingerprint density at radius 1 is 1.29 bits per heavy atom. The van der Waals surface area contributed by atoms with Gasteiger partial charge in [0.1, 0.15) is 9.23 Å². The molecule has 0 amide bonds. The Kier molecular flexibility index (Phi) is 4.25. The summed E-state index contributed by atoms with van der Waals surface area (Å²) in [5.74, 6) is 0. The number of hydrogen-bond donors (Lipinski definition) is 0.